The number of carbonyl (C=O) groups excluding carboxylic acids is 2. The van der Waals surface area contributed by atoms with E-state index in [0.717, 1.165) is 12.8 Å². The van der Waals surface area contributed by atoms with Crippen LogP contribution in [0.1, 0.15) is 45.4 Å². The van der Waals surface area contributed by atoms with Crippen molar-refractivity contribution < 1.29 is 19.5 Å². The Balaban J connectivity index is 2.07. The van der Waals surface area contributed by atoms with Gasteiger partial charge in [-0.15, -0.1) is 0 Å². The van der Waals surface area contributed by atoms with Crippen LogP contribution in [-0.4, -0.2) is 52.6 Å². The Kier molecular flexibility index (Phi) is 4.69. The first-order chi connectivity index (χ1) is 9.97. The molecular formula is C14H23N3O4. The number of piperazine rings is 1. The minimum Gasteiger partial charge on any atom is -0.481 e. The van der Waals surface area contributed by atoms with Crippen LogP contribution in [0.15, 0.2) is 0 Å². The fourth-order valence-electron chi connectivity index (χ4n) is 3.35. The first kappa shape index (κ1) is 15.6. The summed E-state index contributed by atoms with van der Waals surface area (Å²) >= 11 is 0. The molecule has 1 heterocycles. The van der Waals surface area contributed by atoms with E-state index in [9.17, 15) is 14.4 Å². The molecule has 1 saturated heterocycles. The fraction of sp³-hybridized carbons (Fsp3) is 0.786. The molecule has 0 aromatic carbocycles. The van der Waals surface area contributed by atoms with Crippen LogP contribution in [0.5, 0.6) is 0 Å². The second kappa shape index (κ2) is 6.32. The summed E-state index contributed by atoms with van der Waals surface area (Å²) in [5.41, 5.74) is -0.658. The van der Waals surface area contributed by atoms with Gasteiger partial charge in [-0.05, 0) is 19.3 Å². The molecule has 7 nitrogen and oxygen atoms in total. The highest BCUT2D eigenvalue weighted by Gasteiger charge is 2.40. The maximum absolute atomic E-state index is 12.5. The van der Waals surface area contributed by atoms with Crippen LogP contribution in [0.25, 0.3) is 0 Å². The number of hydrogen-bond acceptors (Lipinski definition) is 3. The first-order valence-electron chi connectivity index (χ1n) is 7.56. The van der Waals surface area contributed by atoms with Crippen molar-refractivity contribution in [1.82, 2.24) is 15.5 Å². The lowest BCUT2D eigenvalue weighted by molar-refractivity contribution is -0.138. The van der Waals surface area contributed by atoms with Gasteiger partial charge in [0.2, 0.25) is 5.91 Å². The SMILES string of the molecule is CCC1C(=O)NCCN1C(=O)NC1(CC(=O)O)CCCC1. The van der Waals surface area contributed by atoms with Crippen molar-refractivity contribution in [2.45, 2.75) is 57.0 Å². The Morgan fingerprint density at radius 3 is 2.67 bits per heavy atom. The van der Waals surface area contributed by atoms with Crippen molar-refractivity contribution in [3.05, 3.63) is 0 Å². The third-order valence-electron chi connectivity index (χ3n) is 4.40. The van der Waals surface area contributed by atoms with Gasteiger partial charge in [-0.25, -0.2) is 4.79 Å². The molecule has 118 valence electrons. The second-order valence-corrected chi connectivity index (χ2v) is 5.90. The number of carboxylic acid groups (broad SMARTS) is 1. The predicted molar refractivity (Wildman–Crippen MR) is 75.8 cm³/mol. The van der Waals surface area contributed by atoms with E-state index in [1.165, 1.54) is 4.90 Å². The highest BCUT2D eigenvalue weighted by Crippen LogP contribution is 2.33. The predicted octanol–water partition coefficient (Wildman–Crippen LogP) is 0.694. The molecular weight excluding hydrogens is 274 g/mol. The zero-order valence-electron chi connectivity index (χ0n) is 12.4. The van der Waals surface area contributed by atoms with E-state index in [0.29, 0.717) is 32.4 Å². The number of rotatable bonds is 4. The summed E-state index contributed by atoms with van der Waals surface area (Å²) in [6.45, 7) is 2.76. The molecule has 1 atom stereocenters. The highest BCUT2D eigenvalue weighted by molar-refractivity contribution is 5.88. The van der Waals surface area contributed by atoms with Gasteiger partial charge in [-0.2, -0.15) is 0 Å². The Labute approximate surface area is 124 Å². The summed E-state index contributed by atoms with van der Waals surface area (Å²) in [6, 6.07) is -0.790. The van der Waals surface area contributed by atoms with Crippen LogP contribution < -0.4 is 10.6 Å². The minimum absolute atomic E-state index is 0.0600. The quantitative estimate of drug-likeness (QED) is 0.711. The molecule has 2 aliphatic rings. The number of hydrogen-bond donors (Lipinski definition) is 3. The zero-order valence-corrected chi connectivity index (χ0v) is 12.4. The maximum atomic E-state index is 12.5. The molecule has 1 saturated carbocycles. The molecule has 3 amide bonds. The normalized spacial score (nSPS) is 24.5. The van der Waals surface area contributed by atoms with Gasteiger partial charge >= 0.3 is 12.0 Å². The van der Waals surface area contributed by atoms with E-state index in [1.54, 1.807) is 0 Å². The standard InChI is InChI=1S/C14H23N3O4/c1-2-10-12(20)15-7-8-17(10)13(21)16-14(9-11(18)19)5-3-4-6-14/h10H,2-9H2,1H3,(H,15,20)(H,16,21)(H,18,19). The molecule has 0 bridgehead atoms. The fourth-order valence-corrected chi connectivity index (χ4v) is 3.35. The largest absolute Gasteiger partial charge is 0.481 e. The van der Waals surface area contributed by atoms with Crippen molar-refractivity contribution in [3.63, 3.8) is 0 Å². The number of nitrogens with one attached hydrogen (secondary N) is 2. The van der Waals surface area contributed by atoms with E-state index < -0.39 is 17.6 Å². The average Bonchev–Trinajstić information content (AvgIpc) is 2.85. The van der Waals surface area contributed by atoms with Gasteiger partial charge in [0.1, 0.15) is 6.04 Å². The Bertz CT molecular complexity index is 432. The molecule has 7 heteroatoms. The molecule has 0 spiro atoms. The summed E-state index contributed by atoms with van der Waals surface area (Å²) in [5.74, 6) is -1.04. The zero-order chi connectivity index (χ0) is 15.5. The van der Waals surface area contributed by atoms with Gasteiger partial charge in [-0.3, -0.25) is 9.59 Å². The van der Waals surface area contributed by atoms with Crippen LogP contribution in [0.2, 0.25) is 0 Å². The molecule has 0 radical (unpaired) electrons. The Hall–Kier alpha value is -1.79. The third kappa shape index (κ3) is 3.46. The molecule has 3 N–H and O–H groups in total. The summed E-state index contributed by atoms with van der Waals surface area (Å²) < 4.78 is 0. The van der Waals surface area contributed by atoms with Gasteiger partial charge in [0.05, 0.1) is 12.0 Å². The van der Waals surface area contributed by atoms with Crippen LogP contribution >= 0.6 is 0 Å². The van der Waals surface area contributed by atoms with E-state index in [4.69, 9.17) is 5.11 Å². The first-order valence-corrected chi connectivity index (χ1v) is 7.56. The van der Waals surface area contributed by atoms with Crippen LogP contribution in [-0.2, 0) is 9.59 Å². The number of amides is 3. The summed E-state index contributed by atoms with van der Waals surface area (Å²) in [6.07, 6.45) is 3.70. The monoisotopic (exact) mass is 297 g/mol. The van der Waals surface area contributed by atoms with Gasteiger partial charge in [-0.1, -0.05) is 19.8 Å². The lowest BCUT2D eigenvalue weighted by Crippen LogP contribution is -2.62. The van der Waals surface area contributed by atoms with Crippen LogP contribution in [0.4, 0.5) is 4.79 Å². The van der Waals surface area contributed by atoms with Gasteiger partial charge in [0, 0.05) is 13.1 Å². The molecule has 21 heavy (non-hydrogen) atoms. The molecule has 0 aromatic heterocycles. The number of urea groups is 1. The number of carbonyl (C=O) groups is 3. The van der Waals surface area contributed by atoms with Crippen molar-refractivity contribution in [2.75, 3.05) is 13.1 Å². The van der Waals surface area contributed by atoms with Gasteiger partial charge in [0.25, 0.3) is 0 Å². The molecule has 1 unspecified atom stereocenters. The van der Waals surface area contributed by atoms with Crippen molar-refractivity contribution in [2.24, 2.45) is 0 Å². The van der Waals surface area contributed by atoms with E-state index in [2.05, 4.69) is 10.6 Å². The van der Waals surface area contributed by atoms with Crippen LogP contribution in [0, 0.1) is 0 Å². The second-order valence-electron chi connectivity index (χ2n) is 5.90. The summed E-state index contributed by atoms with van der Waals surface area (Å²) in [4.78, 5) is 36.9. The van der Waals surface area contributed by atoms with E-state index in [-0.39, 0.29) is 18.4 Å². The molecule has 1 aliphatic carbocycles. The maximum Gasteiger partial charge on any atom is 0.318 e. The van der Waals surface area contributed by atoms with Crippen molar-refractivity contribution >= 4 is 17.9 Å². The number of aliphatic carboxylic acids is 1. The van der Waals surface area contributed by atoms with Crippen molar-refractivity contribution in [1.29, 1.82) is 0 Å². The number of nitrogens with zero attached hydrogens (tertiary/aromatic N) is 1. The van der Waals surface area contributed by atoms with E-state index in [1.807, 2.05) is 6.92 Å². The lowest BCUT2D eigenvalue weighted by atomic mass is 9.93. The van der Waals surface area contributed by atoms with Gasteiger partial charge in [0.15, 0.2) is 0 Å². The third-order valence-corrected chi connectivity index (χ3v) is 4.40. The molecule has 0 aromatic rings. The summed E-state index contributed by atoms with van der Waals surface area (Å²) in [5, 5.41) is 14.7. The van der Waals surface area contributed by atoms with Crippen molar-refractivity contribution in [3.8, 4) is 0 Å². The van der Waals surface area contributed by atoms with Gasteiger partial charge < -0.3 is 20.6 Å². The average molecular weight is 297 g/mol. The minimum atomic E-state index is -0.902. The number of carboxylic acids is 1. The Morgan fingerprint density at radius 1 is 1.43 bits per heavy atom. The lowest BCUT2D eigenvalue weighted by Gasteiger charge is -2.38. The van der Waals surface area contributed by atoms with Crippen LogP contribution in [0.3, 0.4) is 0 Å². The highest BCUT2D eigenvalue weighted by atomic mass is 16.4. The van der Waals surface area contributed by atoms with E-state index >= 15 is 0 Å². The topological polar surface area (TPSA) is 98.7 Å². The smallest absolute Gasteiger partial charge is 0.318 e. The molecule has 2 rings (SSSR count). The summed E-state index contributed by atoms with van der Waals surface area (Å²) in [7, 11) is 0. The molecule has 1 aliphatic heterocycles. The Morgan fingerprint density at radius 2 is 2.10 bits per heavy atom. The molecule has 2 fully saturated rings.